The summed E-state index contributed by atoms with van der Waals surface area (Å²) >= 11 is 3.37. The van der Waals surface area contributed by atoms with Crippen LogP contribution in [0.2, 0.25) is 0 Å². The fraction of sp³-hybridized carbons (Fsp3) is 0.333. The van der Waals surface area contributed by atoms with Crippen LogP contribution in [0.3, 0.4) is 0 Å². The van der Waals surface area contributed by atoms with E-state index >= 15 is 0 Å². The molecule has 0 spiro atoms. The first kappa shape index (κ1) is 16.4. The normalized spacial score (nSPS) is 9.95. The first-order chi connectivity index (χ1) is 9.49. The van der Waals surface area contributed by atoms with Crippen LogP contribution >= 0.6 is 15.9 Å². The third kappa shape index (κ3) is 4.49. The summed E-state index contributed by atoms with van der Waals surface area (Å²) in [4.78, 5) is 25.4. The molecule has 0 saturated heterocycles. The summed E-state index contributed by atoms with van der Waals surface area (Å²) in [7, 11) is 0. The summed E-state index contributed by atoms with van der Waals surface area (Å²) in [5.74, 6) is -0.657. The lowest BCUT2D eigenvalue weighted by Gasteiger charge is -2.20. The highest BCUT2D eigenvalue weighted by atomic mass is 79.9. The summed E-state index contributed by atoms with van der Waals surface area (Å²) in [6.45, 7) is 7.78. The number of nitrogens with zero attached hydrogens (tertiary/aromatic N) is 1. The van der Waals surface area contributed by atoms with E-state index in [1.165, 1.54) is 4.90 Å². The van der Waals surface area contributed by atoms with Gasteiger partial charge in [-0.1, -0.05) is 12.1 Å². The maximum absolute atomic E-state index is 12.4. The van der Waals surface area contributed by atoms with Gasteiger partial charge in [0.25, 0.3) is 5.91 Å². The minimum Gasteiger partial charge on any atom is -0.465 e. The number of esters is 1. The van der Waals surface area contributed by atoms with E-state index in [0.717, 1.165) is 5.56 Å². The highest BCUT2D eigenvalue weighted by Gasteiger charge is 2.20. The van der Waals surface area contributed by atoms with E-state index in [9.17, 15) is 9.59 Å². The summed E-state index contributed by atoms with van der Waals surface area (Å²) in [5, 5.41) is 0. The summed E-state index contributed by atoms with van der Waals surface area (Å²) in [6.07, 6.45) is 1.58. The van der Waals surface area contributed by atoms with E-state index in [1.807, 2.05) is 19.1 Å². The minimum absolute atomic E-state index is 0.0843. The Morgan fingerprint density at radius 3 is 2.70 bits per heavy atom. The van der Waals surface area contributed by atoms with Gasteiger partial charge in [-0.15, -0.1) is 6.58 Å². The van der Waals surface area contributed by atoms with Gasteiger partial charge in [0.05, 0.1) is 12.2 Å². The second-order valence-electron chi connectivity index (χ2n) is 4.26. The average molecular weight is 340 g/mol. The van der Waals surface area contributed by atoms with E-state index in [-0.39, 0.29) is 19.0 Å². The van der Waals surface area contributed by atoms with Crippen molar-refractivity contribution in [3.63, 3.8) is 0 Å². The number of hydrogen-bond donors (Lipinski definition) is 0. The van der Waals surface area contributed by atoms with Crippen molar-refractivity contribution in [1.82, 2.24) is 4.90 Å². The van der Waals surface area contributed by atoms with Crippen molar-refractivity contribution >= 4 is 27.8 Å². The molecule has 1 amide bonds. The Balaban J connectivity index is 2.93. The number of carbonyl (C=O) groups is 2. The van der Waals surface area contributed by atoms with Gasteiger partial charge in [-0.2, -0.15) is 0 Å². The third-order valence-electron chi connectivity index (χ3n) is 2.62. The van der Waals surface area contributed by atoms with Crippen LogP contribution in [-0.4, -0.2) is 36.5 Å². The number of ether oxygens (including phenoxy) is 1. The van der Waals surface area contributed by atoms with Crippen molar-refractivity contribution in [2.45, 2.75) is 13.8 Å². The Bertz CT molecular complexity index is 514. The van der Waals surface area contributed by atoms with E-state index in [4.69, 9.17) is 4.74 Å². The van der Waals surface area contributed by atoms with Gasteiger partial charge in [0, 0.05) is 11.0 Å². The minimum atomic E-state index is -0.425. The van der Waals surface area contributed by atoms with Crippen molar-refractivity contribution in [1.29, 1.82) is 0 Å². The van der Waals surface area contributed by atoms with Gasteiger partial charge < -0.3 is 9.64 Å². The predicted molar refractivity (Wildman–Crippen MR) is 81.6 cm³/mol. The van der Waals surface area contributed by atoms with Crippen LogP contribution in [0.25, 0.3) is 0 Å². The number of amides is 1. The van der Waals surface area contributed by atoms with Crippen molar-refractivity contribution in [2.75, 3.05) is 19.7 Å². The molecule has 0 unspecified atom stereocenters. The van der Waals surface area contributed by atoms with Gasteiger partial charge in [-0.05, 0) is 47.5 Å². The van der Waals surface area contributed by atoms with Crippen molar-refractivity contribution in [3.8, 4) is 0 Å². The Morgan fingerprint density at radius 1 is 1.45 bits per heavy atom. The fourth-order valence-corrected chi connectivity index (χ4v) is 2.36. The number of aryl methyl sites for hydroxylation is 1. The van der Waals surface area contributed by atoms with Crippen LogP contribution in [0.1, 0.15) is 22.8 Å². The van der Waals surface area contributed by atoms with E-state index in [2.05, 4.69) is 22.5 Å². The molecule has 0 fully saturated rings. The van der Waals surface area contributed by atoms with Gasteiger partial charge in [0.1, 0.15) is 6.54 Å². The second kappa shape index (κ2) is 7.85. The molecule has 0 aliphatic heterocycles. The van der Waals surface area contributed by atoms with Crippen LogP contribution < -0.4 is 0 Å². The first-order valence-corrected chi connectivity index (χ1v) is 7.10. The lowest BCUT2D eigenvalue weighted by molar-refractivity contribution is -0.143. The molecule has 1 aromatic carbocycles. The highest BCUT2D eigenvalue weighted by molar-refractivity contribution is 9.10. The zero-order valence-corrected chi connectivity index (χ0v) is 13.3. The molecular weight excluding hydrogens is 322 g/mol. The van der Waals surface area contributed by atoms with Crippen LogP contribution in [0.15, 0.2) is 35.3 Å². The average Bonchev–Trinajstić information content (AvgIpc) is 2.38. The molecule has 0 heterocycles. The molecular formula is C15H18BrNO3. The Labute approximate surface area is 127 Å². The molecule has 0 aliphatic carbocycles. The van der Waals surface area contributed by atoms with E-state index in [0.29, 0.717) is 16.6 Å². The molecule has 1 aromatic rings. The molecule has 4 nitrogen and oxygen atoms in total. The van der Waals surface area contributed by atoms with Crippen molar-refractivity contribution in [3.05, 3.63) is 46.5 Å². The van der Waals surface area contributed by atoms with Gasteiger partial charge in [0.15, 0.2) is 0 Å². The molecule has 0 N–H and O–H groups in total. The summed E-state index contributed by atoms with van der Waals surface area (Å²) in [6, 6.07) is 5.46. The molecule has 0 aliphatic rings. The summed E-state index contributed by atoms with van der Waals surface area (Å²) in [5.41, 5.74) is 1.57. The molecule has 0 radical (unpaired) electrons. The Morgan fingerprint density at radius 2 is 2.15 bits per heavy atom. The number of hydrogen-bond acceptors (Lipinski definition) is 3. The van der Waals surface area contributed by atoms with Crippen LogP contribution in [0.5, 0.6) is 0 Å². The molecule has 0 aromatic heterocycles. The maximum Gasteiger partial charge on any atom is 0.325 e. The molecule has 0 bridgehead atoms. The first-order valence-electron chi connectivity index (χ1n) is 6.31. The number of halogens is 1. The standard InChI is InChI=1S/C15H18BrNO3/c1-4-8-17(10-14(18)20-5-2)15(19)12-7-6-11(3)9-13(12)16/h4,6-7,9H,1,5,8,10H2,2-3H3. The fourth-order valence-electron chi connectivity index (χ4n) is 1.70. The lowest BCUT2D eigenvalue weighted by Crippen LogP contribution is -2.36. The van der Waals surface area contributed by atoms with E-state index in [1.54, 1.807) is 19.1 Å². The summed E-state index contributed by atoms with van der Waals surface area (Å²) < 4.78 is 5.58. The van der Waals surface area contributed by atoms with Crippen LogP contribution in [-0.2, 0) is 9.53 Å². The van der Waals surface area contributed by atoms with Crippen molar-refractivity contribution in [2.24, 2.45) is 0 Å². The van der Waals surface area contributed by atoms with Gasteiger partial charge in [0.2, 0.25) is 0 Å². The number of rotatable bonds is 6. The van der Waals surface area contributed by atoms with Crippen LogP contribution in [0.4, 0.5) is 0 Å². The molecule has 1 rings (SSSR count). The lowest BCUT2D eigenvalue weighted by atomic mass is 10.1. The number of carbonyl (C=O) groups excluding carboxylic acids is 2. The monoisotopic (exact) mass is 339 g/mol. The SMILES string of the molecule is C=CCN(CC(=O)OCC)C(=O)c1ccc(C)cc1Br. The topological polar surface area (TPSA) is 46.6 Å². The molecule has 108 valence electrons. The Kier molecular flexibility index (Phi) is 6.45. The molecule has 5 heteroatoms. The molecule has 20 heavy (non-hydrogen) atoms. The smallest absolute Gasteiger partial charge is 0.325 e. The van der Waals surface area contributed by atoms with Gasteiger partial charge in [-0.25, -0.2) is 0 Å². The zero-order valence-electron chi connectivity index (χ0n) is 11.7. The van der Waals surface area contributed by atoms with E-state index < -0.39 is 5.97 Å². The van der Waals surface area contributed by atoms with Gasteiger partial charge in [-0.3, -0.25) is 9.59 Å². The number of benzene rings is 1. The zero-order chi connectivity index (χ0) is 15.1. The second-order valence-corrected chi connectivity index (χ2v) is 5.12. The molecule has 0 atom stereocenters. The van der Waals surface area contributed by atoms with Gasteiger partial charge >= 0.3 is 5.97 Å². The largest absolute Gasteiger partial charge is 0.465 e. The highest BCUT2D eigenvalue weighted by Crippen LogP contribution is 2.20. The third-order valence-corrected chi connectivity index (χ3v) is 3.27. The Hall–Kier alpha value is -1.62. The quantitative estimate of drug-likeness (QED) is 0.591. The maximum atomic E-state index is 12.4. The van der Waals surface area contributed by atoms with Crippen LogP contribution in [0, 0.1) is 6.92 Å². The predicted octanol–water partition coefficient (Wildman–Crippen LogP) is 2.95. The molecule has 0 saturated carbocycles. The van der Waals surface area contributed by atoms with Crippen molar-refractivity contribution < 1.29 is 14.3 Å².